The Balaban J connectivity index is 1.71. The highest BCUT2D eigenvalue weighted by molar-refractivity contribution is 7.09. The number of nitrogens with two attached hydrogens (primary N) is 1. The minimum atomic E-state index is -0.989. The number of carbonyl (C=O) groups excluding carboxylic acids is 1. The van der Waals surface area contributed by atoms with Crippen molar-refractivity contribution in [3.8, 4) is 0 Å². The van der Waals surface area contributed by atoms with E-state index >= 15 is 0 Å². The number of benzene rings is 1. The van der Waals surface area contributed by atoms with Gasteiger partial charge < -0.3 is 16.2 Å². The predicted molar refractivity (Wildman–Crippen MR) is 107 cm³/mol. The molecular weight excluding hydrogens is 376 g/mol. The van der Waals surface area contributed by atoms with Crippen LogP contribution < -0.4 is 11.1 Å². The fourth-order valence-corrected chi connectivity index (χ4v) is 4.24. The Morgan fingerprint density at radius 1 is 1.36 bits per heavy atom. The van der Waals surface area contributed by atoms with Gasteiger partial charge in [0.1, 0.15) is 5.01 Å². The van der Waals surface area contributed by atoms with E-state index in [2.05, 4.69) is 10.3 Å². The van der Waals surface area contributed by atoms with Crippen molar-refractivity contribution < 1.29 is 14.7 Å². The molecule has 0 radical (unpaired) electrons. The zero-order valence-corrected chi connectivity index (χ0v) is 16.3. The molecule has 0 unspecified atom stereocenters. The van der Waals surface area contributed by atoms with Crippen LogP contribution >= 0.6 is 11.3 Å². The molecule has 0 bridgehead atoms. The minimum absolute atomic E-state index is 0.194. The molecule has 1 aliphatic carbocycles. The Hall–Kier alpha value is -3.00. The topological polar surface area (TPSA) is 129 Å². The smallest absolute Gasteiger partial charge is 0.304 e. The summed E-state index contributed by atoms with van der Waals surface area (Å²) in [5, 5.41) is 22.5. The molecule has 28 heavy (non-hydrogen) atoms. The second kappa shape index (κ2) is 7.93. The monoisotopic (exact) mass is 398 g/mol. The van der Waals surface area contributed by atoms with Crippen LogP contribution in [0.5, 0.6) is 0 Å². The molecule has 1 aliphatic rings. The SMILES string of the molecule is C/C(N)=C/C(=N)c1csc(CNC(=O)C2(CC(=O)O)Cc3ccccc3C2)n1. The van der Waals surface area contributed by atoms with Crippen LogP contribution in [0, 0.1) is 10.8 Å². The first-order valence-electron chi connectivity index (χ1n) is 8.83. The van der Waals surface area contributed by atoms with Crippen LogP contribution in [0.15, 0.2) is 41.4 Å². The van der Waals surface area contributed by atoms with E-state index in [1.165, 1.54) is 17.4 Å². The number of carbonyl (C=O) groups is 2. The van der Waals surface area contributed by atoms with E-state index in [4.69, 9.17) is 11.1 Å². The van der Waals surface area contributed by atoms with Gasteiger partial charge in [-0.05, 0) is 37.0 Å². The van der Waals surface area contributed by atoms with E-state index in [9.17, 15) is 14.7 Å². The van der Waals surface area contributed by atoms with Gasteiger partial charge in [0, 0.05) is 11.1 Å². The number of carboxylic acid groups (broad SMARTS) is 1. The van der Waals surface area contributed by atoms with Crippen LogP contribution in [-0.2, 0) is 29.0 Å². The fraction of sp³-hybridized carbons (Fsp3) is 0.300. The number of hydrogen-bond donors (Lipinski definition) is 4. The summed E-state index contributed by atoms with van der Waals surface area (Å²) in [4.78, 5) is 28.7. The number of carboxylic acids is 1. The fourth-order valence-electron chi connectivity index (χ4n) is 3.51. The molecule has 5 N–H and O–H groups in total. The standard InChI is InChI=1S/C20H22N4O3S/c1-12(21)6-15(22)16-11-28-17(24-16)10-23-19(27)20(9-18(25)26)7-13-4-2-3-5-14(13)8-20/h2-6,11,22H,7-10,21H2,1H3,(H,23,27)(H,25,26)/b12-6-,22-15?. The summed E-state index contributed by atoms with van der Waals surface area (Å²) in [6.45, 7) is 1.89. The van der Waals surface area contributed by atoms with E-state index in [1.807, 2.05) is 24.3 Å². The van der Waals surface area contributed by atoms with Gasteiger partial charge in [0.15, 0.2) is 0 Å². The Bertz CT molecular complexity index is 935. The van der Waals surface area contributed by atoms with Gasteiger partial charge in [-0.1, -0.05) is 24.3 Å². The van der Waals surface area contributed by atoms with Crippen molar-refractivity contribution in [2.24, 2.45) is 11.1 Å². The molecule has 2 aromatic rings. The molecule has 8 heteroatoms. The second-order valence-corrected chi connectivity index (χ2v) is 8.03. The van der Waals surface area contributed by atoms with Crippen molar-refractivity contribution in [2.75, 3.05) is 0 Å². The van der Waals surface area contributed by atoms with E-state index in [0.717, 1.165) is 11.1 Å². The largest absolute Gasteiger partial charge is 0.481 e. The third-order valence-electron chi connectivity index (χ3n) is 4.75. The zero-order valence-electron chi connectivity index (χ0n) is 15.5. The molecule has 1 aromatic carbocycles. The van der Waals surface area contributed by atoms with Gasteiger partial charge in [-0.15, -0.1) is 11.3 Å². The molecule has 0 fully saturated rings. The van der Waals surface area contributed by atoms with Crippen molar-refractivity contribution in [2.45, 2.75) is 32.7 Å². The first kappa shape index (κ1) is 19.8. The summed E-state index contributed by atoms with van der Waals surface area (Å²) < 4.78 is 0. The number of thiazole rings is 1. The average molecular weight is 398 g/mol. The highest BCUT2D eigenvalue weighted by atomic mass is 32.1. The first-order chi connectivity index (χ1) is 13.3. The molecule has 0 saturated carbocycles. The zero-order chi connectivity index (χ0) is 20.3. The van der Waals surface area contributed by atoms with Gasteiger partial charge >= 0.3 is 5.97 Å². The number of fused-ring (bicyclic) bond motifs is 1. The molecule has 1 heterocycles. The van der Waals surface area contributed by atoms with E-state index < -0.39 is 11.4 Å². The third-order valence-corrected chi connectivity index (χ3v) is 5.60. The van der Waals surface area contributed by atoms with Gasteiger partial charge in [0.2, 0.25) is 5.91 Å². The van der Waals surface area contributed by atoms with Crippen LogP contribution in [0.3, 0.4) is 0 Å². The maximum absolute atomic E-state index is 13.0. The quantitative estimate of drug-likeness (QED) is 0.532. The molecule has 0 aliphatic heterocycles. The van der Waals surface area contributed by atoms with Gasteiger partial charge in [0.05, 0.1) is 29.8 Å². The molecule has 146 valence electrons. The summed E-state index contributed by atoms with van der Waals surface area (Å²) in [7, 11) is 0. The van der Waals surface area contributed by atoms with Gasteiger partial charge in [0.25, 0.3) is 0 Å². The summed E-state index contributed by atoms with van der Waals surface area (Å²) >= 11 is 1.34. The van der Waals surface area contributed by atoms with Crippen LogP contribution in [-0.4, -0.2) is 27.7 Å². The molecule has 1 amide bonds. The highest BCUT2D eigenvalue weighted by Gasteiger charge is 2.45. The predicted octanol–water partition coefficient (Wildman–Crippen LogP) is 2.25. The number of hydrogen-bond acceptors (Lipinski definition) is 6. The Labute approximate surface area is 166 Å². The third kappa shape index (κ3) is 4.28. The lowest BCUT2D eigenvalue weighted by Gasteiger charge is -2.25. The Kier molecular flexibility index (Phi) is 5.60. The van der Waals surface area contributed by atoms with E-state index in [-0.39, 0.29) is 24.6 Å². The van der Waals surface area contributed by atoms with Gasteiger partial charge in [-0.25, -0.2) is 4.98 Å². The van der Waals surface area contributed by atoms with Gasteiger partial charge in [-0.2, -0.15) is 0 Å². The Morgan fingerprint density at radius 2 is 2.00 bits per heavy atom. The molecule has 0 spiro atoms. The van der Waals surface area contributed by atoms with Gasteiger partial charge in [-0.3, -0.25) is 15.0 Å². The number of aliphatic carboxylic acids is 1. The Morgan fingerprint density at radius 3 is 2.57 bits per heavy atom. The highest BCUT2D eigenvalue weighted by Crippen LogP contribution is 2.40. The average Bonchev–Trinajstić information content (AvgIpc) is 3.23. The molecular formula is C20H22N4O3S. The number of rotatable bonds is 7. The number of allylic oxidation sites excluding steroid dienone is 2. The number of aromatic nitrogens is 1. The molecule has 7 nitrogen and oxygen atoms in total. The molecule has 1 aromatic heterocycles. The molecule has 0 atom stereocenters. The second-order valence-electron chi connectivity index (χ2n) is 7.08. The van der Waals surface area contributed by atoms with Crippen LogP contribution in [0.4, 0.5) is 0 Å². The number of amides is 1. The molecule has 0 saturated heterocycles. The summed E-state index contributed by atoms with van der Waals surface area (Å²) in [5.74, 6) is -1.27. The maximum atomic E-state index is 13.0. The molecule has 3 rings (SSSR count). The summed E-state index contributed by atoms with van der Waals surface area (Å²) in [6.07, 6.45) is 2.13. The van der Waals surface area contributed by atoms with Crippen molar-refractivity contribution >= 4 is 28.9 Å². The van der Waals surface area contributed by atoms with Crippen molar-refractivity contribution in [1.82, 2.24) is 10.3 Å². The van der Waals surface area contributed by atoms with Crippen molar-refractivity contribution in [3.05, 3.63) is 63.2 Å². The summed E-state index contributed by atoms with van der Waals surface area (Å²) in [6, 6.07) is 7.68. The maximum Gasteiger partial charge on any atom is 0.304 e. The van der Waals surface area contributed by atoms with Crippen molar-refractivity contribution in [3.63, 3.8) is 0 Å². The van der Waals surface area contributed by atoms with E-state index in [1.54, 1.807) is 12.3 Å². The number of nitrogens with one attached hydrogen (secondary N) is 2. The van der Waals surface area contributed by atoms with Crippen molar-refractivity contribution in [1.29, 1.82) is 5.41 Å². The lowest BCUT2D eigenvalue weighted by molar-refractivity contribution is -0.145. The summed E-state index contributed by atoms with van der Waals surface area (Å²) in [5.41, 5.74) is 7.87. The van der Waals surface area contributed by atoms with Crippen LogP contribution in [0.2, 0.25) is 0 Å². The van der Waals surface area contributed by atoms with Crippen LogP contribution in [0.1, 0.15) is 35.2 Å². The van der Waals surface area contributed by atoms with Crippen LogP contribution in [0.25, 0.3) is 0 Å². The number of nitrogens with zero attached hydrogens (tertiary/aromatic N) is 1. The van der Waals surface area contributed by atoms with E-state index in [0.29, 0.717) is 29.2 Å². The first-order valence-corrected chi connectivity index (χ1v) is 9.71. The normalized spacial score (nSPS) is 15.1. The lowest BCUT2D eigenvalue weighted by atomic mass is 9.80. The minimum Gasteiger partial charge on any atom is -0.481 e. The lowest BCUT2D eigenvalue weighted by Crippen LogP contribution is -2.43.